The zero-order valence-corrected chi connectivity index (χ0v) is 16.0. The molecular weight excluding hydrogens is 340 g/mol. The molecule has 6 heteroatoms. The molecule has 0 unspecified atom stereocenters. The van der Waals surface area contributed by atoms with Gasteiger partial charge < -0.3 is 15.2 Å². The SMILES string of the molecule is CCc1nc(C)ccc1Oc1ccnc(Nc2ccc(C(C)(C)O)nc2)c1. The van der Waals surface area contributed by atoms with Gasteiger partial charge in [-0.2, -0.15) is 0 Å². The zero-order chi connectivity index (χ0) is 19.4. The van der Waals surface area contributed by atoms with E-state index in [9.17, 15) is 5.11 Å². The minimum Gasteiger partial charge on any atom is -0.455 e. The third kappa shape index (κ3) is 4.80. The van der Waals surface area contributed by atoms with Crippen LogP contribution in [0.25, 0.3) is 0 Å². The summed E-state index contributed by atoms with van der Waals surface area (Å²) in [6.07, 6.45) is 4.15. The van der Waals surface area contributed by atoms with Gasteiger partial charge in [-0.3, -0.25) is 9.97 Å². The molecule has 0 atom stereocenters. The maximum Gasteiger partial charge on any atom is 0.148 e. The second-order valence-corrected chi connectivity index (χ2v) is 6.85. The van der Waals surface area contributed by atoms with E-state index >= 15 is 0 Å². The molecule has 3 rings (SSSR count). The number of hydrogen-bond donors (Lipinski definition) is 2. The zero-order valence-electron chi connectivity index (χ0n) is 16.0. The lowest BCUT2D eigenvalue weighted by atomic mass is 10.1. The number of anilines is 2. The van der Waals surface area contributed by atoms with E-state index in [2.05, 4.69) is 27.2 Å². The molecule has 3 aromatic heterocycles. The number of nitrogens with one attached hydrogen (secondary N) is 1. The first-order chi connectivity index (χ1) is 12.8. The predicted octanol–water partition coefficient (Wildman–Crippen LogP) is 4.51. The Balaban J connectivity index is 1.76. The number of nitrogens with zero attached hydrogens (tertiary/aromatic N) is 3. The number of pyridine rings is 3. The molecular formula is C21H24N4O2. The fraction of sp³-hybridized carbons (Fsp3) is 0.286. The Hall–Kier alpha value is -2.99. The lowest BCUT2D eigenvalue weighted by Crippen LogP contribution is -2.17. The van der Waals surface area contributed by atoms with Crippen LogP contribution < -0.4 is 10.1 Å². The van der Waals surface area contributed by atoms with E-state index in [4.69, 9.17) is 4.74 Å². The van der Waals surface area contributed by atoms with Crippen LogP contribution in [0, 0.1) is 6.92 Å². The minimum absolute atomic E-state index is 0.608. The summed E-state index contributed by atoms with van der Waals surface area (Å²) in [6.45, 7) is 7.43. The lowest BCUT2D eigenvalue weighted by Gasteiger charge is -2.16. The van der Waals surface area contributed by atoms with Gasteiger partial charge in [0.2, 0.25) is 0 Å². The summed E-state index contributed by atoms with van der Waals surface area (Å²) in [7, 11) is 0. The van der Waals surface area contributed by atoms with Gasteiger partial charge in [0.1, 0.15) is 22.9 Å². The van der Waals surface area contributed by atoms with Gasteiger partial charge in [-0.25, -0.2) is 4.98 Å². The quantitative estimate of drug-likeness (QED) is 0.670. The van der Waals surface area contributed by atoms with Crippen molar-refractivity contribution in [3.05, 3.63) is 65.9 Å². The molecule has 0 aliphatic carbocycles. The Labute approximate surface area is 159 Å². The fourth-order valence-electron chi connectivity index (χ4n) is 2.59. The molecule has 140 valence electrons. The van der Waals surface area contributed by atoms with Crippen LogP contribution >= 0.6 is 0 Å². The molecule has 27 heavy (non-hydrogen) atoms. The first-order valence-corrected chi connectivity index (χ1v) is 8.91. The average Bonchev–Trinajstić information content (AvgIpc) is 2.63. The van der Waals surface area contributed by atoms with Crippen molar-refractivity contribution in [2.45, 2.75) is 39.7 Å². The molecule has 3 aromatic rings. The topological polar surface area (TPSA) is 80.2 Å². The number of rotatable bonds is 6. The largest absolute Gasteiger partial charge is 0.455 e. The van der Waals surface area contributed by atoms with Gasteiger partial charge in [-0.1, -0.05) is 6.92 Å². The lowest BCUT2D eigenvalue weighted by molar-refractivity contribution is 0.0739. The van der Waals surface area contributed by atoms with Crippen molar-refractivity contribution < 1.29 is 9.84 Å². The molecule has 3 heterocycles. The van der Waals surface area contributed by atoms with Crippen LogP contribution in [-0.2, 0) is 12.0 Å². The van der Waals surface area contributed by atoms with Crippen LogP contribution in [0.1, 0.15) is 37.9 Å². The van der Waals surface area contributed by atoms with Gasteiger partial charge >= 0.3 is 0 Å². The van der Waals surface area contributed by atoms with E-state index in [1.807, 2.05) is 31.2 Å². The third-order valence-corrected chi connectivity index (χ3v) is 4.03. The average molecular weight is 364 g/mol. The summed E-state index contributed by atoms with van der Waals surface area (Å²) in [5, 5.41) is 13.2. The van der Waals surface area contributed by atoms with Crippen molar-refractivity contribution in [1.82, 2.24) is 15.0 Å². The van der Waals surface area contributed by atoms with Crippen LogP contribution in [0.2, 0.25) is 0 Å². The maximum atomic E-state index is 9.99. The highest BCUT2D eigenvalue weighted by Gasteiger charge is 2.17. The summed E-state index contributed by atoms with van der Waals surface area (Å²) < 4.78 is 6.01. The van der Waals surface area contributed by atoms with Gasteiger partial charge in [-0.05, 0) is 57.5 Å². The summed E-state index contributed by atoms with van der Waals surface area (Å²) in [5.41, 5.74) is 2.31. The molecule has 0 fully saturated rings. The van der Waals surface area contributed by atoms with E-state index in [1.165, 1.54) is 0 Å². The fourth-order valence-corrected chi connectivity index (χ4v) is 2.59. The smallest absolute Gasteiger partial charge is 0.148 e. The van der Waals surface area contributed by atoms with Gasteiger partial charge in [0.25, 0.3) is 0 Å². The Kier molecular flexibility index (Phi) is 5.37. The summed E-state index contributed by atoms with van der Waals surface area (Å²) >= 11 is 0. The molecule has 0 aliphatic heterocycles. The van der Waals surface area contributed by atoms with Crippen molar-refractivity contribution in [1.29, 1.82) is 0 Å². The molecule has 0 spiro atoms. The second-order valence-electron chi connectivity index (χ2n) is 6.85. The first kappa shape index (κ1) is 18.8. The summed E-state index contributed by atoms with van der Waals surface area (Å²) in [4.78, 5) is 13.1. The van der Waals surface area contributed by atoms with E-state index in [0.717, 1.165) is 29.2 Å². The maximum absolute atomic E-state index is 9.99. The van der Waals surface area contributed by atoms with Gasteiger partial charge in [0, 0.05) is 18.0 Å². The Bertz CT molecular complexity index is 918. The van der Waals surface area contributed by atoms with Crippen LogP contribution in [0.4, 0.5) is 11.5 Å². The first-order valence-electron chi connectivity index (χ1n) is 8.91. The highest BCUT2D eigenvalue weighted by molar-refractivity contribution is 5.56. The minimum atomic E-state index is -0.969. The van der Waals surface area contributed by atoms with Crippen molar-refractivity contribution in [2.24, 2.45) is 0 Å². The van der Waals surface area contributed by atoms with Crippen LogP contribution in [-0.4, -0.2) is 20.1 Å². The molecule has 0 bridgehead atoms. The summed E-state index contributed by atoms with van der Waals surface area (Å²) in [5.74, 6) is 2.06. The predicted molar refractivity (Wildman–Crippen MR) is 105 cm³/mol. The van der Waals surface area contributed by atoms with Gasteiger partial charge in [-0.15, -0.1) is 0 Å². The van der Waals surface area contributed by atoms with Crippen molar-refractivity contribution >= 4 is 11.5 Å². The Morgan fingerprint density at radius 3 is 2.59 bits per heavy atom. The summed E-state index contributed by atoms with van der Waals surface area (Å²) in [6, 6.07) is 11.1. The van der Waals surface area contributed by atoms with Crippen molar-refractivity contribution in [3.63, 3.8) is 0 Å². The Morgan fingerprint density at radius 2 is 1.93 bits per heavy atom. The van der Waals surface area contributed by atoms with Crippen LogP contribution in [0.5, 0.6) is 11.5 Å². The Morgan fingerprint density at radius 1 is 1.11 bits per heavy atom. The van der Waals surface area contributed by atoms with Crippen LogP contribution in [0.3, 0.4) is 0 Å². The van der Waals surface area contributed by atoms with E-state index in [-0.39, 0.29) is 0 Å². The monoisotopic (exact) mass is 364 g/mol. The highest BCUT2D eigenvalue weighted by Crippen LogP contribution is 2.27. The normalized spacial score (nSPS) is 11.3. The number of hydrogen-bond acceptors (Lipinski definition) is 6. The molecule has 0 aromatic carbocycles. The van der Waals surface area contributed by atoms with E-state index in [0.29, 0.717) is 17.3 Å². The number of ether oxygens (including phenoxy) is 1. The van der Waals surface area contributed by atoms with Crippen molar-refractivity contribution in [3.8, 4) is 11.5 Å². The standard InChI is InChI=1S/C21H24N4O2/c1-5-17-18(8-6-14(2)24-17)27-16-10-11-22-20(12-16)25-15-7-9-19(23-13-15)21(3,4)26/h6-13,26H,5H2,1-4H3,(H,22,25). The number of aliphatic hydroxyl groups is 1. The van der Waals surface area contributed by atoms with E-state index < -0.39 is 5.60 Å². The molecule has 0 aliphatic rings. The molecule has 0 saturated carbocycles. The number of aromatic nitrogens is 3. The molecule has 0 radical (unpaired) electrons. The van der Waals surface area contributed by atoms with E-state index in [1.54, 1.807) is 38.4 Å². The molecule has 0 amide bonds. The molecule has 2 N–H and O–H groups in total. The van der Waals surface area contributed by atoms with Gasteiger partial charge in [0.15, 0.2) is 0 Å². The molecule has 0 saturated heterocycles. The number of aryl methyl sites for hydroxylation is 2. The van der Waals surface area contributed by atoms with Gasteiger partial charge in [0.05, 0.1) is 23.3 Å². The third-order valence-electron chi connectivity index (χ3n) is 4.03. The highest BCUT2D eigenvalue weighted by atomic mass is 16.5. The second kappa shape index (κ2) is 7.72. The molecule has 6 nitrogen and oxygen atoms in total. The van der Waals surface area contributed by atoms with Crippen LogP contribution in [0.15, 0.2) is 48.8 Å². The van der Waals surface area contributed by atoms with Crippen molar-refractivity contribution in [2.75, 3.05) is 5.32 Å².